The molecule has 3 amide bonds. The van der Waals surface area contributed by atoms with Crippen LogP contribution in [0.3, 0.4) is 0 Å². The van der Waals surface area contributed by atoms with E-state index in [2.05, 4.69) is 21.3 Å². The van der Waals surface area contributed by atoms with Crippen LogP contribution in [0, 0.1) is 5.92 Å². The molecule has 10 nitrogen and oxygen atoms in total. The van der Waals surface area contributed by atoms with E-state index in [9.17, 15) is 19.2 Å². The summed E-state index contributed by atoms with van der Waals surface area (Å²) in [5.74, 6) is -2.75. The average Bonchev–Trinajstić information content (AvgIpc) is 3.10. The van der Waals surface area contributed by atoms with E-state index in [1.165, 1.54) is 0 Å². The molecule has 0 saturated carbocycles. The number of nitrogens with one attached hydrogen (secondary N) is 4. The highest BCUT2D eigenvalue weighted by atomic mass is 16.4. The van der Waals surface area contributed by atoms with Crippen LogP contribution in [0.25, 0.3) is 0 Å². The first kappa shape index (κ1) is 21.8. The second kappa shape index (κ2) is 10.7. The summed E-state index contributed by atoms with van der Waals surface area (Å²) in [5, 5.41) is 27.9. The lowest BCUT2D eigenvalue weighted by atomic mass is 10.0. The summed E-state index contributed by atoms with van der Waals surface area (Å²) in [6.45, 7) is 3.37. The number of carbonyl (C=O) groups excluding carboxylic acids is 3. The molecule has 148 valence electrons. The van der Waals surface area contributed by atoms with Gasteiger partial charge in [-0.15, -0.1) is 0 Å². The molecular formula is C16H28N4O6. The number of carboxylic acids is 1. The van der Waals surface area contributed by atoms with Crippen LogP contribution in [-0.4, -0.2) is 71.7 Å². The molecule has 1 heterocycles. The number of aliphatic hydroxyl groups is 1. The monoisotopic (exact) mass is 372 g/mol. The third kappa shape index (κ3) is 7.36. The van der Waals surface area contributed by atoms with Gasteiger partial charge >= 0.3 is 5.97 Å². The van der Waals surface area contributed by atoms with Crippen molar-refractivity contribution in [2.75, 3.05) is 19.7 Å². The first-order valence-electron chi connectivity index (χ1n) is 8.69. The van der Waals surface area contributed by atoms with E-state index in [0.717, 1.165) is 13.0 Å². The minimum absolute atomic E-state index is 0.141. The molecule has 1 fully saturated rings. The van der Waals surface area contributed by atoms with Crippen molar-refractivity contribution >= 4 is 23.7 Å². The average molecular weight is 372 g/mol. The molecule has 1 rings (SSSR count). The van der Waals surface area contributed by atoms with Crippen molar-refractivity contribution in [3.05, 3.63) is 0 Å². The highest BCUT2D eigenvalue weighted by Crippen LogP contribution is 2.08. The van der Waals surface area contributed by atoms with Crippen LogP contribution in [0.4, 0.5) is 0 Å². The zero-order valence-corrected chi connectivity index (χ0v) is 15.1. The fourth-order valence-electron chi connectivity index (χ4n) is 2.60. The van der Waals surface area contributed by atoms with Crippen LogP contribution in [0.5, 0.6) is 0 Å². The number of aliphatic carboxylic acids is 1. The Balaban J connectivity index is 2.55. The lowest BCUT2D eigenvalue weighted by Crippen LogP contribution is -2.54. The number of aliphatic hydroxyl groups excluding tert-OH is 1. The first-order chi connectivity index (χ1) is 12.2. The summed E-state index contributed by atoms with van der Waals surface area (Å²) < 4.78 is 0. The predicted molar refractivity (Wildman–Crippen MR) is 92.1 cm³/mol. The van der Waals surface area contributed by atoms with Crippen molar-refractivity contribution in [3.8, 4) is 0 Å². The Morgan fingerprint density at radius 2 is 1.85 bits per heavy atom. The number of carboxylic acid groups (broad SMARTS) is 1. The third-order valence-electron chi connectivity index (χ3n) is 3.96. The highest BCUT2D eigenvalue weighted by Gasteiger charge is 2.28. The standard InChI is InChI=1S/C16H28N4O6/c1-9(2)6-11(20-15(24)10-4-3-5-17-10)14(23)18-7-13(22)19-12(8-21)16(25)26/h9-12,17,21H,3-8H2,1-2H3,(H,18,23)(H,19,22)(H,20,24)(H,25,26). The molecule has 3 unspecified atom stereocenters. The topological polar surface area (TPSA) is 157 Å². The van der Waals surface area contributed by atoms with Crippen molar-refractivity contribution < 1.29 is 29.4 Å². The summed E-state index contributed by atoms with van der Waals surface area (Å²) >= 11 is 0. The number of hydrogen-bond acceptors (Lipinski definition) is 6. The quantitative estimate of drug-likeness (QED) is 0.258. The van der Waals surface area contributed by atoms with Gasteiger partial charge in [0.1, 0.15) is 12.1 Å². The molecule has 0 aromatic heterocycles. The minimum Gasteiger partial charge on any atom is -0.480 e. The first-order valence-corrected chi connectivity index (χ1v) is 8.69. The van der Waals surface area contributed by atoms with Gasteiger partial charge in [0, 0.05) is 0 Å². The molecule has 10 heteroatoms. The van der Waals surface area contributed by atoms with Crippen molar-refractivity contribution in [1.29, 1.82) is 0 Å². The molecule has 0 aliphatic carbocycles. The second-order valence-corrected chi connectivity index (χ2v) is 6.70. The second-order valence-electron chi connectivity index (χ2n) is 6.70. The van der Waals surface area contributed by atoms with E-state index in [0.29, 0.717) is 12.8 Å². The van der Waals surface area contributed by atoms with Gasteiger partial charge in [0.15, 0.2) is 0 Å². The van der Waals surface area contributed by atoms with Crippen LogP contribution in [0.2, 0.25) is 0 Å². The number of carbonyl (C=O) groups is 4. The Labute approximate surface area is 152 Å². The number of amides is 3. The minimum atomic E-state index is -1.43. The van der Waals surface area contributed by atoms with Crippen molar-refractivity contribution in [3.63, 3.8) is 0 Å². The summed E-state index contributed by atoms with van der Waals surface area (Å²) in [6, 6.07) is -2.54. The van der Waals surface area contributed by atoms with Gasteiger partial charge in [-0.25, -0.2) is 4.79 Å². The van der Waals surface area contributed by atoms with Crippen LogP contribution in [0.15, 0.2) is 0 Å². The maximum atomic E-state index is 12.3. The Morgan fingerprint density at radius 3 is 2.35 bits per heavy atom. The molecule has 1 saturated heterocycles. The maximum Gasteiger partial charge on any atom is 0.328 e. The van der Waals surface area contributed by atoms with E-state index in [1.54, 1.807) is 0 Å². The SMILES string of the molecule is CC(C)CC(NC(=O)C1CCCN1)C(=O)NCC(=O)NC(CO)C(=O)O. The highest BCUT2D eigenvalue weighted by molar-refractivity contribution is 5.92. The van der Waals surface area contributed by atoms with Gasteiger partial charge in [0.25, 0.3) is 0 Å². The molecular weight excluding hydrogens is 344 g/mol. The van der Waals surface area contributed by atoms with E-state index in [4.69, 9.17) is 10.2 Å². The van der Waals surface area contributed by atoms with E-state index >= 15 is 0 Å². The lowest BCUT2D eigenvalue weighted by molar-refractivity contribution is -0.142. The Kier molecular flexibility index (Phi) is 9.00. The molecule has 0 aromatic rings. The number of rotatable bonds is 10. The van der Waals surface area contributed by atoms with Gasteiger partial charge in [0.05, 0.1) is 19.2 Å². The zero-order valence-electron chi connectivity index (χ0n) is 15.1. The summed E-state index contributed by atoms with van der Waals surface area (Å²) in [4.78, 5) is 47.0. The fraction of sp³-hybridized carbons (Fsp3) is 0.750. The van der Waals surface area contributed by atoms with Gasteiger partial charge < -0.3 is 31.5 Å². The maximum absolute atomic E-state index is 12.3. The molecule has 6 N–H and O–H groups in total. The normalized spacial score (nSPS) is 18.8. The molecule has 0 radical (unpaired) electrons. The van der Waals surface area contributed by atoms with Crippen LogP contribution < -0.4 is 21.3 Å². The van der Waals surface area contributed by atoms with Gasteiger partial charge in [-0.05, 0) is 31.7 Å². The molecule has 1 aliphatic heterocycles. The molecule has 1 aliphatic rings. The van der Waals surface area contributed by atoms with Crippen LogP contribution >= 0.6 is 0 Å². The van der Waals surface area contributed by atoms with E-state index in [-0.39, 0.29) is 17.9 Å². The summed E-state index contributed by atoms with van der Waals surface area (Å²) in [5.41, 5.74) is 0. The molecule has 26 heavy (non-hydrogen) atoms. The largest absolute Gasteiger partial charge is 0.480 e. The van der Waals surface area contributed by atoms with E-state index in [1.807, 2.05) is 13.8 Å². The molecule has 0 aromatic carbocycles. The molecule has 0 spiro atoms. The van der Waals surface area contributed by atoms with Crippen LogP contribution in [-0.2, 0) is 19.2 Å². The van der Waals surface area contributed by atoms with Gasteiger partial charge in [-0.1, -0.05) is 13.8 Å². The summed E-state index contributed by atoms with van der Waals surface area (Å²) in [7, 11) is 0. The Morgan fingerprint density at radius 1 is 1.15 bits per heavy atom. The Hall–Kier alpha value is -2.20. The molecule has 3 atom stereocenters. The lowest BCUT2D eigenvalue weighted by Gasteiger charge is -2.22. The zero-order chi connectivity index (χ0) is 19.7. The van der Waals surface area contributed by atoms with Gasteiger partial charge in [-0.2, -0.15) is 0 Å². The fourth-order valence-corrected chi connectivity index (χ4v) is 2.60. The predicted octanol–water partition coefficient (Wildman–Crippen LogP) is -2.05. The van der Waals surface area contributed by atoms with Gasteiger partial charge in [-0.3, -0.25) is 14.4 Å². The third-order valence-corrected chi connectivity index (χ3v) is 3.96. The smallest absolute Gasteiger partial charge is 0.328 e. The van der Waals surface area contributed by atoms with E-state index < -0.39 is 43.0 Å². The van der Waals surface area contributed by atoms with Gasteiger partial charge in [0.2, 0.25) is 17.7 Å². The van der Waals surface area contributed by atoms with Crippen LogP contribution in [0.1, 0.15) is 33.1 Å². The van der Waals surface area contributed by atoms with Crippen molar-refractivity contribution in [2.45, 2.75) is 51.2 Å². The number of hydrogen-bond donors (Lipinski definition) is 6. The van der Waals surface area contributed by atoms with Crippen molar-refractivity contribution in [1.82, 2.24) is 21.3 Å². The summed E-state index contributed by atoms with van der Waals surface area (Å²) in [6.07, 6.45) is 2.01. The Bertz CT molecular complexity index is 519. The molecule has 0 bridgehead atoms. The van der Waals surface area contributed by atoms with Crippen molar-refractivity contribution in [2.24, 2.45) is 5.92 Å².